The molecule has 2 unspecified atom stereocenters. The minimum Gasteiger partial charge on any atom is -0.409 e. The zero-order chi connectivity index (χ0) is 15.4. The number of carbonyl (C=O) groups excluding carboxylic acids is 1. The Morgan fingerprint density at radius 3 is 2.38 bits per heavy atom. The molecule has 1 aromatic rings. The van der Waals surface area contributed by atoms with Crippen molar-refractivity contribution in [1.29, 1.82) is 0 Å². The first-order valence-electron chi connectivity index (χ1n) is 7.41. The van der Waals surface area contributed by atoms with E-state index in [9.17, 15) is 4.79 Å². The average molecular weight is 289 g/mol. The first-order chi connectivity index (χ1) is 10.0. The number of hydrogen-bond donors (Lipinski definition) is 2. The van der Waals surface area contributed by atoms with E-state index < -0.39 is 0 Å². The maximum atomic E-state index is 12.5. The van der Waals surface area contributed by atoms with Gasteiger partial charge in [-0.1, -0.05) is 29.4 Å². The van der Waals surface area contributed by atoms with E-state index in [0.717, 1.165) is 18.4 Å². The summed E-state index contributed by atoms with van der Waals surface area (Å²) in [7, 11) is 0. The highest BCUT2D eigenvalue weighted by Crippen LogP contribution is 2.23. The molecule has 5 nitrogen and oxygen atoms in total. The van der Waals surface area contributed by atoms with Crippen LogP contribution in [0.5, 0.6) is 0 Å². The molecule has 0 bridgehead atoms. The molecule has 1 aromatic carbocycles. The number of oxime groups is 1. The van der Waals surface area contributed by atoms with Crippen LogP contribution < -0.4 is 5.73 Å². The summed E-state index contributed by atoms with van der Waals surface area (Å²) in [6, 6.07) is 7.87. The van der Waals surface area contributed by atoms with Gasteiger partial charge in [-0.05, 0) is 38.7 Å². The number of benzene rings is 1. The number of amides is 1. The zero-order valence-electron chi connectivity index (χ0n) is 12.6. The summed E-state index contributed by atoms with van der Waals surface area (Å²) < 4.78 is 0. The van der Waals surface area contributed by atoms with Gasteiger partial charge in [-0.2, -0.15) is 0 Å². The summed E-state index contributed by atoms with van der Waals surface area (Å²) in [6.45, 7) is 4.24. The molecule has 1 aliphatic rings. The smallest absolute Gasteiger partial charge is 0.227 e. The Bertz CT molecular complexity index is 515. The lowest BCUT2D eigenvalue weighted by Gasteiger charge is -2.39. The lowest BCUT2D eigenvalue weighted by atomic mass is 9.96. The van der Waals surface area contributed by atoms with Crippen LogP contribution in [0.4, 0.5) is 0 Å². The van der Waals surface area contributed by atoms with Crippen LogP contribution in [0.1, 0.15) is 44.2 Å². The fourth-order valence-electron chi connectivity index (χ4n) is 3.03. The van der Waals surface area contributed by atoms with Crippen molar-refractivity contribution in [2.75, 3.05) is 0 Å². The maximum Gasteiger partial charge on any atom is 0.227 e. The normalized spacial score (nSPS) is 23.1. The van der Waals surface area contributed by atoms with Gasteiger partial charge in [-0.3, -0.25) is 4.79 Å². The quantitative estimate of drug-likeness (QED) is 0.387. The van der Waals surface area contributed by atoms with Gasteiger partial charge in [0.2, 0.25) is 5.91 Å². The minimum absolute atomic E-state index is 0.0751. The summed E-state index contributed by atoms with van der Waals surface area (Å²) in [5.74, 6) is 0.248. The van der Waals surface area contributed by atoms with E-state index in [0.29, 0.717) is 24.1 Å². The number of nitrogens with zero attached hydrogens (tertiary/aromatic N) is 2. The SMILES string of the molecule is CC1CCCC(C)N1C(=O)Cc1ccc(C(N)=NO)cc1. The zero-order valence-corrected chi connectivity index (χ0v) is 12.6. The Hall–Kier alpha value is -2.04. The van der Waals surface area contributed by atoms with Crippen LogP contribution in [0.3, 0.4) is 0 Å². The predicted octanol–water partition coefficient (Wildman–Crippen LogP) is 2.11. The fraction of sp³-hybridized carbons (Fsp3) is 0.500. The summed E-state index contributed by atoms with van der Waals surface area (Å²) in [4.78, 5) is 14.5. The molecule has 1 saturated heterocycles. The van der Waals surface area contributed by atoms with Crippen LogP contribution in [0.15, 0.2) is 29.4 Å². The molecule has 1 aliphatic heterocycles. The van der Waals surface area contributed by atoms with Gasteiger partial charge in [0.15, 0.2) is 5.84 Å². The van der Waals surface area contributed by atoms with Gasteiger partial charge in [-0.15, -0.1) is 0 Å². The molecule has 0 saturated carbocycles. The van der Waals surface area contributed by atoms with Gasteiger partial charge >= 0.3 is 0 Å². The minimum atomic E-state index is 0.0751. The van der Waals surface area contributed by atoms with Gasteiger partial charge in [0.25, 0.3) is 0 Å². The van der Waals surface area contributed by atoms with Gasteiger partial charge < -0.3 is 15.8 Å². The molecule has 0 aromatic heterocycles. The highest BCUT2D eigenvalue weighted by atomic mass is 16.4. The van der Waals surface area contributed by atoms with Gasteiger partial charge in [-0.25, -0.2) is 0 Å². The Labute approximate surface area is 125 Å². The Kier molecular flexibility index (Phi) is 4.83. The molecule has 114 valence electrons. The molecule has 3 N–H and O–H groups in total. The van der Waals surface area contributed by atoms with Crippen molar-refractivity contribution in [3.63, 3.8) is 0 Å². The van der Waals surface area contributed by atoms with Gasteiger partial charge in [0.05, 0.1) is 6.42 Å². The molecule has 0 aliphatic carbocycles. The van der Waals surface area contributed by atoms with Crippen LogP contribution in [0.2, 0.25) is 0 Å². The van der Waals surface area contributed by atoms with Crippen LogP contribution in [-0.4, -0.2) is 33.9 Å². The molecule has 1 amide bonds. The monoisotopic (exact) mass is 289 g/mol. The van der Waals surface area contributed by atoms with Crippen molar-refractivity contribution in [3.05, 3.63) is 35.4 Å². The third-order valence-corrected chi connectivity index (χ3v) is 4.19. The van der Waals surface area contributed by atoms with Crippen molar-refractivity contribution in [2.45, 2.75) is 51.6 Å². The van der Waals surface area contributed by atoms with Crippen LogP contribution in [0.25, 0.3) is 0 Å². The van der Waals surface area contributed by atoms with E-state index in [1.54, 1.807) is 12.1 Å². The van der Waals surface area contributed by atoms with Crippen molar-refractivity contribution in [2.24, 2.45) is 10.9 Å². The summed E-state index contributed by atoms with van der Waals surface area (Å²) >= 11 is 0. The number of amidine groups is 1. The molecule has 5 heteroatoms. The van der Waals surface area contributed by atoms with E-state index >= 15 is 0 Å². The molecule has 1 fully saturated rings. The lowest BCUT2D eigenvalue weighted by molar-refractivity contribution is -0.136. The summed E-state index contributed by atoms with van der Waals surface area (Å²) in [5, 5.41) is 11.6. The maximum absolute atomic E-state index is 12.5. The van der Waals surface area contributed by atoms with E-state index in [2.05, 4.69) is 19.0 Å². The molecule has 2 rings (SSSR count). The number of rotatable bonds is 3. The van der Waals surface area contributed by atoms with E-state index in [4.69, 9.17) is 10.9 Å². The van der Waals surface area contributed by atoms with Crippen molar-refractivity contribution < 1.29 is 10.0 Å². The predicted molar refractivity (Wildman–Crippen MR) is 82.3 cm³/mol. The molecule has 2 atom stereocenters. The average Bonchev–Trinajstić information content (AvgIpc) is 2.47. The molecule has 0 spiro atoms. The molecular weight excluding hydrogens is 266 g/mol. The van der Waals surface area contributed by atoms with E-state index in [-0.39, 0.29) is 11.7 Å². The Morgan fingerprint density at radius 1 is 1.29 bits per heavy atom. The van der Waals surface area contributed by atoms with E-state index in [1.165, 1.54) is 6.42 Å². The molecule has 21 heavy (non-hydrogen) atoms. The number of hydrogen-bond acceptors (Lipinski definition) is 3. The van der Waals surface area contributed by atoms with Crippen LogP contribution in [-0.2, 0) is 11.2 Å². The second-order valence-electron chi connectivity index (χ2n) is 5.79. The molecule has 1 heterocycles. The standard InChI is InChI=1S/C16H23N3O2/c1-11-4-3-5-12(2)19(11)15(20)10-13-6-8-14(9-7-13)16(17)18-21/h6-9,11-12,21H,3-5,10H2,1-2H3,(H2,17,18). The van der Waals surface area contributed by atoms with Gasteiger partial charge in [0.1, 0.15) is 0 Å². The number of carbonyl (C=O) groups is 1. The van der Waals surface area contributed by atoms with Crippen LogP contribution in [0, 0.1) is 0 Å². The third-order valence-electron chi connectivity index (χ3n) is 4.19. The first-order valence-corrected chi connectivity index (χ1v) is 7.41. The van der Waals surface area contributed by atoms with Crippen molar-refractivity contribution in [3.8, 4) is 0 Å². The number of nitrogens with two attached hydrogens (primary N) is 1. The van der Waals surface area contributed by atoms with Crippen LogP contribution >= 0.6 is 0 Å². The van der Waals surface area contributed by atoms with Crippen molar-refractivity contribution >= 4 is 11.7 Å². The molecule has 0 radical (unpaired) electrons. The fourth-order valence-corrected chi connectivity index (χ4v) is 3.03. The Balaban J connectivity index is 2.05. The van der Waals surface area contributed by atoms with E-state index in [1.807, 2.05) is 17.0 Å². The lowest BCUT2D eigenvalue weighted by Crippen LogP contribution is -2.48. The highest BCUT2D eigenvalue weighted by Gasteiger charge is 2.28. The van der Waals surface area contributed by atoms with Crippen molar-refractivity contribution in [1.82, 2.24) is 4.90 Å². The first kappa shape index (κ1) is 15.4. The summed E-state index contributed by atoms with van der Waals surface area (Å²) in [6.07, 6.45) is 3.75. The number of likely N-dealkylation sites (tertiary alicyclic amines) is 1. The topological polar surface area (TPSA) is 78.9 Å². The second-order valence-corrected chi connectivity index (χ2v) is 5.79. The Morgan fingerprint density at radius 2 is 1.86 bits per heavy atom. The largest absolute Gasteiger partial charge is 0.409 e. The summed E-state index contributed by atoms with van der Waals surface area (Å²) in [5.41, 5.74) is 7.11. The third kappa shape index (κ3) is 3.54. The highest BCUT2D eigenvalue weighted by molar-refractivity contribution is 5.97. The second kappa shape index (κ2) is 6.61. The molecular formula is C16H23N3O2. The number of piperidine rings is 1. The van der Waals surface area contributed by atoms with Gasteiger partial charge in [0, 0.05) is 17.6 Å².